The summed E-state index contributed by atoms with van der Waals surface area (Å²) in [5, 5.41) is 14.3. The van der Waals surface area contributed by atoms with Gasteiger partial charge in [-0.25, -0.2) is 4.79 Å². The van der Waals surface area contributed by atoms with Gasteiger partial charge in [-0.2, -0.15) is 0 Å². The fourth-order valence-corrected chi connectivity index (χ4v) is 4.54. The molecule has 33 heavy (non-hydrogen) atoms. The first kappa shape index (κ1) is 22.6. The Morgan fingerprint density at radius 3 is 2.27 bits per heavy atom. The summed E-state index contributed by atoms with van der Waals surface area (Å²) in [4.78, 5) is 35.2. The van der Waals surface area contributed by atoms with Gasteiger partial charge in [-0.05, 0) is 41.5 Å². The Balaban J connectivity index is 1.23. The molecule has 0 radical (unpaired) electrons. The molecule has 0 heterocycles. The molecule has 2 atom stereocenters. The summed E-state index contributed by atoms with van der Waals surface area (Å²) in [6.45, 7) is 0.692. The fourth-order valence-electron chi connectivity index (χ4n) is 4.54. The summed E-state index contributed by atoms with van der Waals surface area (Å²) >= 11 is 0. The van der Waals surface area contributed by atoms with Crippen molar-refractivity contribution in [3.8, 4) is 11.1 Å². The predicted octanol–water partition coefficient (Wildman–Crippen LogP) is 3.84. The lowest BCUT2D eigenvalue weighted by molar-refractivity contribution is -0.137. The van der Waals surface area contributed by atoms with Crippen molar-refractivity contribution in [2.45, 2.75) is 37.6 Å². The lowest BCUT2D eigenvalue weighted by atomic mass is 9.98. The first-order chi connectivity index (χ1) is 16.0. The van der Waals surface area contributed by atoms with Gasteiger partial charge in [0.2, 0.25) is 5.91 Å². The molecule has 2 aromatic rings. The molecule has 2 unspecified atom stereocenters. The van der Waals surface area contributed by atoms with E-state index < -0.39 is 12.1 Å². The van der Waals surface area contributed by atoms with E-state index in [1.54, 1.807) is 6.08 Å². The fraction of sp³-hybridized carbons (Fsp3) is 0.346. The summed E-state index contributed by atoms with van der Waals surface area (Å²) in [7, 11) is 0. The van der Waals surface area contributed by atoms with Gasteiger partial charge < -0.3 is 20.5 Å². The Morgan fingerprint density at radius 2 is 1.61 bits per heavy atom. The van der Waals surface area contributed by atoms with Crippen LogP contribution in [0.5, 0.6) is 0 Å². The predicted molar refractivity (Wildman–Crippen MR) is 124 cm³/mol. The van der Waals surface area contributed by atoms with Crippen LogP contribution in [-0.2, 0) is 14.3 Å². The van der Waals surface area contributed by atoms with Crippen molar-refractivity contribution in [1.29, 1.82) is 0 Å². The minimum atomic E-state index is -0.831. The number of nitrogens with one attached hydrogen (secondary N) is 2. The Hall–Kier alpha value is -3.61. The van der Waals surface area contributed by atoms with E-state index in [0.717, 1.165) is 11.1 Å². The molecule has 7 heteroatoms. The van der Waals surface area contributed by atoms with E-state index in [1.807, 2.05) is 30.3 Å². The standard InChI is InChI=1S/C26H28N2O5/c29-24(30)11-5-6-14-27-25(31)17-12-13-18(15-17)28-26(32)33-16-23-21-9-3-1-7-19(21)20-8-2-4-10-22(20)23/h1-4,7-10,12-13,17-18,23H,5-6,11,14-16H2,(H,27,31)(H,28,32)(H,29,30). The highest BCUT2D eigenvalue weighted by atomic mass is 16.5. The number of hydrogen-bond donors (Lipinski definition) is 3. The molecule has 4 rings (SSSR count). The Bertz CT molecular complexity index is 1020. The Labute approximate surface area is 192 Å². The molecular weight excluding hydrogens is 420 g/mol. The van der Waals surface area contributed by atoms with Crippen molar-refractivity contribution in [3.05, 3.63) is 71.8 Å². The highest BCUT2D eigenvalue weighted by molar-refractivity contribution is 5.81. The molecule has 7 nitrogen and oxygen atoms in total. The maximum Gasteiger partial charge on any atom is 0.407 e. The van der Waals surface area contributed by atoms with E-state index in [4.69, 9.17) is 9.84 Å². The molecule has 3 N–H and O–H groups in total. The smallest absolute Gasteiger partial charge is 0.407 e. The summed E-state index contributed by atoms with van der Waals surface area (Å²) in [6.07, 6.45) is 4.84. The molecule has 2 aliphatic carbocycles. The highest BCUT2D eigenvalue weighted by Crippen LogP contribution is 2.44. The number of benzene rings is 2. The summed E-state index contributed by atoms with van der Waals surface area (Å²) in [6, 6.07) is 16.1. The second-order valence-electron chi connectivity index (χ2n) is 8.45. The SMILES string of the molecule is O=C(O)CCCCNC(=O)C1C=CC(NC(=O)OCC2c3ccccc3-c3ccccc32)C1. The van der Waals surface area contributed by atoms with Gasteiger partial charge in [-0.15, -0.1) is 0 Å². The van der Waals surface area contributed by atoms with Gasteiger partial charge >= 0.3 is 12.1 Å². The topological polar surface area (TPSA) is 105 Å². The molecular formula is C26H28N2O5. The number of fused-ring (bicyclic) bond motifs is 3. The van der Waals surface area contributed by atoms with Crippen LogP contribution in [0.4, 0.5) is 4.79 Å². The van der Waals surface area contributed by atoms with Gasteiger partial charge in [0.15, 0.2) is 0 Å². The van der Waals surface area contributed by atoms with E-state index in [1.165, 1.54) is 11.1 Å². The van der Waals surface area contributed by atoms with E-state index >= 15 is 0 Å². The van der Waals surface area contributed by atoms with Gasteiger partial charge in [0, 0.05) is 18.9 Å². The molecule has 2 aliphatic rings. The number of aliphatic carboxylic acids is 1. The summed E-state index contributed by atoms with van der Waals surface area (Å²) in [5.74, 6) is -1.26. The van der Waals surface area contributed by atoms with E-state index in [2.05, 4.69) is 34.9 Å². The summed E-state index contributed by atoms with van der Waals surface area (Å²) in [5.41, 5.74) is 4.68. The third-order valence-corrected chi connectivity index (χ3v) is 6.18. The van der Waals surface area contributed by atoms with Crippen LogP contribution in [0.2, 0.25) is 0 Å². The summed E-state index contributed by atoms with van der Waals surface area (Å²) < 4.78 is 5.58. The molecule has 2 amide bonds. The number of rotatable bonds is 9. The van der Waals surface area contributed by atoms with Crippen LogP contribution < -0.4 is 10.6 Å². The Kier molecular flexibility index (Phi) is 7.07. The van der Waals surface area contributed by atoms with Gasteiger partial charge in [-0.3, -0.25) is 9.59 Å². The number of unbranched alkanes of at least 4 members (excludes halogenated alkanes) is 1. The van der Waals surface area contributed by atoms with Gasteiger partial charge in [0.1, 0.15) is 6.61 Å². The number of alkyl carbamates (subject to hydrolysis) is 1. The van der Waals surface area contributed by atoms with E-state index in [9.17, 15) is 14.4 Å². The van der Waals surface area contributed by atoms with Crippen LogP contribution in [0.25, 0.3) is 11.1 Å². The van der Waals surface area contributed by atoms with Crippen molar-refractivity contribution < 1.29 is 24.2 Å². The monoisotopic (exact) mass is 448 g/mol. The van der Waals surface area contributed by atoms with Gasteiger partial charge in [0.25, 0.3) is 0 Å². The molecule has 0 saturated heterocycles. The van der Waals surface area contributed by atoms with Gasteiger partial charge in [0.05, 0.1) is 12.0 Å². The third kappa shape index (κ3) is 5.42. The van der Waals surface area contributed by atoms with Gasteiger partial charge in [-0.1, -0.05) is 60.7 Å². The van der Waals surface area contributed by atoms with Crippen LogP contribution >= 0.6 is 0 Å². The average Bonchev–Trinajstić information content (AvgIpc) is 3.40. The van der Waals surface area contributed by atoms with Crippen LogP contribution in [0.1, 0.15) is 42.7 Å². The molecule has 0 aromatic heterocycles. The van der Waals surface area contributed by atoms with Crippen molar-refractivity contribution in [1.82, 2.24) is 10.6 Å². The minimum Gasteiger partial charge on any atom is -0.481 e. The number of carbonyl (C=O) groups is 3. The zero-order valence-electron chi connectivity index (χ0n) is 18.3. The Morgan fingerprint density at radius 1 is 0.939 bits per heavy atom. The normalized spacial score (nSPS) is 18.4. The number of carboxylic acids is 1. The van der Waals surface area contributed by atoms with Crippen LogP contribution in [0.3, 0.4) is 0 Å². The second kappa shape index (κ2) is 10.3. The van der Waals surface area contributed by atoms with Crippen molar-refractivity contribution >= 4 is 18.0 Å². The number of carboxylic acid groups (broad SMARTS) is 1. The zero-order valence-corrected chi connectivity index (χ0v) is 18.3. The number of hydrogen-bond acceptors (Lipinski definition) is 4. The van der Waals surface area contributed by atoms with Crippen LogP contribution in [-0.4, -0.2) is 42.3 Å². The van der Waals surface area contributed by atoms with Crippen LogP contribution in [0.15, 0.2) is 60.7 Å². The van der Waals surface area contributed by atoms with Crippen molar-refractivity contribution in [2.24, 2.45) is 5.92 Å². The minimum absolute atomic E-state index is 0.00178. The highest BCUT2D eigenvalue weighted by Gasteiger charge is 2.30. The van der Waals surface area contributed by atoms with E-state index in [-0.39, 0.29) is 36.8 Å². The van der Waals surface area contributed by atoms with E-state index in [0.29, 0.717) is 25.8 Å². The molecule has 0 spiro atoms. The first-order valence-electron chi connectivity index (χ1n) is 11.3. The number of carbonyl (C=O) groups excluding carboxylic acids is 2. The third-order valence-electron chi connectivity index (χ3n) is 6.18. The first-order valence-corrected chi connectivity index (χ1v) is 11.3. The maximum atomic E-state index is 12.4. The van der Waals surface area contributed by atoms with Crippen molar-refractivity contribution in [2.75, 3.05) is 13.2 Å². The van der Waals surface area contributed by atoms with Crippen molar-refractivity contribution in [3.63, 3.8) is 0 Å². The average molecular weight is 449 g/mol. The quantitative estimate of drug-likeness (QED) is 0.399. The maximum absolute atomic E-state index is 12.4. The molecule has 2 aromatic carbocycles. The zero-order chi connectivity index (χ0) is 23.2. The lowest BCUT2D eigenvalue weighted by Crippen LogP contribution is -2.36. The lowest BCUT2D eigenvalue weighted by Gasteiger charge is -2.17. The molecule has 0 saturated carbocycles. The van der Waals surface area contributed by atoms with Crippen LogP contribution in [0, 0.1) is 5.92 Å². The second-order valence-corrected chi connectivity index (χ2v) is 8.45. The molecule has 0 aliphatic heterocycles. The number of ether oxygens (including phenoxy) is 1. The molecule has 172 valence electrons. The largest absolute Gasteiger partial charge is 0.481 e. The number of amides is 2. The molecule has 0 bridgehead atoms. The molecule has 0 fully saturated rings.